The van der Waals surface area contributed by atoms with Crippen LogP contribution >= 0.6 is 15.9 Å². The third-order valence-electron chi connectivity index (χ3n) is 3.90. The largest absolute Gasteiger partial charge is 0.389 e. The number of anilines is 1. The zero-order valence-corrected chi connectivity index (χ0v) is 12.9. The van der Waals surface area contributed by atoms with Crippen LogP contribution in [0.25, 0.3) is 0 Å². The molecule has 1 N–H and O–H groups in total. The number of hydrogen-bond donors (Lipinski definition) is 1. The number of halogens is 1. The van der Waals surface area contributed by atoms with Crippen molar-refractivity contribution in [2.24, 2.45) is 5.92 Å². The molecule has 0 spiro atoms. The van der Waals surface area contributed by atoms with E-state index in [1.54, 1.807) is 6.92 Å². The zero-order chi connectivity index (χ0) is 13.3. The van der Waals surface area contributed by atoms with E-state index in [1.165, 1.54) is 18.5 Å². The second-order valence-corrected chi connectivity index (χ2v) is 6.41. The first-order valence-electron chi connectivity index (χ1n) is 6.73. The topological polar surface area (TPSA) is 23.5 Å². The number of piperidine rings is 1. The van der Waals surface area contributed by atoms with Crippen molar-refractivity contribution < 1.29 is 5.11 Å². The van der Waals surface area contributed by atoms with Crippen LogP contribution in [0.2, 0.25) is 0 Å². The normalized spacial score (nSPS) is 26.2. The van der Waals surface area contributed by atoms with Crippen LogP contribution in [0.5, 0.6) is 0 Å². The van der Waals surface area contributed by atoms with Crippen molar-refractivity contribution in [1.82, 2.24) is 0 Å². The summed E-state index contributed by atoms with van der Waals surface area (Å²) in [5.74, 6) is 0.830. The lowest BCUT2D eigenvalue weighted by molar-refractivity contribution is 0.198. The third kappa shape index (κ3) is 2.89. The fraction of sp³-hybridized carbons (Fsp3) is 0.600. The van der Waals surface area contributed by atoms with E-state index in [0.29, 0.717) is 6.04 Å². The summed E-state index contributed by atoms with van der Waals surface area (Å²) in [5, 5.41) is 9.65. The van der Waals surface area contributed by atoms with Gasteiger partial charge in [-0.15, -0.1) is 0 Å². The molecule has 1 fully saturated rings. The van der Waals surface area contributed by atoms with Crippen LogP contribution in [0.1, 0.15) is 45.3 Å². The Morgan fingerprint density at radius 3 is 2.67 bits per heavy atom. The molecule has 1 saturated heterocycles. The van der Waals surface area contributed by atoms with Gasteiger partial charge in [0, 0.05) is 22.7 Å². The highest BCUT2D eigenvalue weighted by molar-refractivity contribution is 9.10. The third-order valence-corrected chi connectivity index (χ3v) is 4.59. The maximum absolute atomic E-state index is 9.65. The van der Waals surface area contributed by atoms with Gasteiger partial charge in [-0.2, -0.15) is 0 Å². The number of rotatable bonds is 2. The van der Waals surface area contributed by atoms with Crippen LogP contribution < -0.4 is 4.90 Å². The summed E-state index contributed by atoms with van der Waals surface area (Å²) in [4.78, 5) is 2.47. The predicted octanol–water partition coefficient (Wildman–Crippen LogP) is 4.13. The van der Waals surface area contributed by atoms with Gasteiger partial charge < -0.3 is 10.0 Å². The van der Waals surface area contributed by atoms with Crippen LogP contribution in [0.4, 0.5) is 5.69 Å². The first kappa shape index (κ1) is 13.9. The minimum absolute atomic E-state index is 0.424. The van der Waals surface area contributed by atoms with E-state index in [2.05, 4.69) is 46.8 Å². The molecule has 1 aliphatic rings. The molecule has 0 bridgehead atoms. The molecule has 1 heterocycles. The molecule has 2 nitrogen and oxygen atoms in total. The Morgan fingerprint density at radius 2 is 2.11 bits per heavy atom. The maximum Gasteiger partial charge on any atom is 0.0772 e. The first-order chi connectivity index (χ1) is 8.49. The molecule has 18 heavy (non-hydrogen) atoms. The highest BCUT2D eigenvalue weighted by Gasteiger charge is 2.23. The highest BCUT2D eigenvalue weighted by Crippen LogP contribution is 2.32. The second kappa shape index (κ2) is 5.62. The van der Waals surface area contributed by atoms with Gasteiger partial charge in [-0.3, -0.25) is 0 Å². The summed E-state index contributed by atoms with van der Waals surface area (Å²) in [6, 6.07) is 6.88. The molecule has 1 aliphatic heterocycles. The van der Waals surface area contributed by atoms with Crippen LogP contribution in [-0.4, -0.2) is 17.7 Å². The van der Waals surface area contributed by atoms with Gasteiger partial charge in [-0.05, 0) is 50.3 Å². The van der Waals surface area contributed by atoms with E-state index in [4.69, 9.17) is 0 Å². The van der Waals surface area contributed by atoms with E-state index in [-0.39, 0.29) is 0 Å². The molecule has 1 aromatic carbocycles. The summed E-state index contributed by atoms with van der Waals surface area (Å²) in [5.41, 5.74) is 2.21. The predicted molar refractivity (Wildman–Crippen MR) is 80.0 cm³/mol. The molecule has 100 valence electrons. The number of hydrogen-bond acceptors (Lipinski definition) is 2. The van der Waals surface area contributed by atoms with Gasteiger partial charge in [-0.25, -0.2) is 0 Å². The van der Waals surface area contributed by atoms with Gasteiger partial charge in [0.1, 0.15) is 0 Å². The molecule has 3 unspecified atom stereocenters. The van der Waals surface area contributed by atoms with Crippen molar-refractivity contribution in [2.45, 2.75) is 45.8 Å². The number of nitrogens with zero attached hydrogens (tertiary/aromatic N) is 1. The average Bonchev–Trinajstić information content (AvgIpc) is 2.28. The summed E-state index contributed by atoms with van der Waals surface area (Å²) >= 11 is 3.56. The molecule has 1 aromatic rings. The van der Waals surface area contributed by atoms with Crippen LogP contribution in [0.15, 0.2) is 22.7 Å². The fourth-order valence-corrected chi connectivity index (χ4v) is 3.52. The van der Waals surface area contributed by atoms with Crippen molar-refractivity contribution >= 4 is 21.6 Å². The van der Waals surface area contributed by atoms with Crippen LogP contribution in [0, 0.1) is 5.92 Å². The quantitative estimate of drug-likeness (QED) is 0.887. The Bertz CT molecular complexity index is 419. The summed E-state index contributed by atoms with van der Waals surface area (Å²) in [6.45, 7) is 7.56. The van der Waals surface area contributed by atoms with Gasteiger partial charge >= 0.3 is 0 Å². The van der Waals surface area contributed by atoms with Gasteiger partial charge in [0.15, 0.2) is 0 Å². The SMILES string of the molecule is CC1CCN(c2ccc(C(C)O)c(Br)c2)C(C)C1. The first-order valence-corrected chi connectivity index (χ1v) is 7.52. The van der Waals surface area contributed by atoms with Crippen molar-refractivity contribution in [3.8, 4) is 0 Å². The molecule has 0 saturated carbocycles. The Hall–Kier alpha value is -0.540. The molecule has 0 radical (unpaired) electrons. The standard InChI is InChI=1S/C15H22BrNO/c1-10-6-7-17(11(2)8-10)13-4-5-14(12(3)18)15(16)9-13/h4-5,9-12,18H,6-8H2,1-3H3. The number of benzene rings is 1. The van der Waals surface area contributed by atoms with Gasteiger partial charge in [-0.1, -0.05) is 28.9 Å². The molecule has 2 rings (SSSR count). The summed E-state index contributed by atoms with van der Waals surface area (Å²) in [7, 11) is 0. The Balaban J connectivity index is 2.21. The van der Waals surface area contributed by atoms with E-state index in [0.717, 1.165) is 22.5 Å². The van der Waals surface area contributed by atoms with Crippen molar-refractivity contribution in [2.75, 3.05) is 11.4 Å². The Morgan fingerprint density at radius 1 is 1.39 bits per heavy atom. The lowest BCUT2D eigenvalue weighted by Gasteiger charge is -2.38. The summed E-state index contributed by atoms with van der Waals surface area (Å²) < 4.78 is 1.00. The van der Waals surface area contributed by atoms with E-state index in [9.17, 15) is 5.11 Å². The Kier molecular flexibility index (Phi) is 4.33. The monoisotopic (exact) mass is 311 g/mol. The minimum atomic E-state index is -0.424. The minimum Gasteiger partial charge on any atom is -0.389 e. The van der Waals surface area contributed by atoms with Gasteiger partial charge in [0.2, 0.25) is 0 Å². The average molecular weight is 312 g/mol. The zero-order valence-electron chi connectivity index (χ0n) is 11.4. The lowest BCUT2D eigenvalue weighted by atomic mass is 9.93. The number of aliphatic hydroxyl groups excluding tert-OH is 1. The molecule has 3 atom stereocenters. The van der Waals surface area contributed by atoms with Crippen LogP contribution in [0.3, 0.4) is 0 Å². The molecule has 0 aromatic heterocycles. The van der Waals surface area contributed by atoms with E-state index < -0.39 is 6.10 Å². The molecule has 0 amide bonds. The van der Waals surface area contributed by atoms with Gasteiger partial charge in [0.25, 0.3) is 0 Å². The number of aliphatic hydroxyl groups is 1. The maximum atomic E-state index is 9.65. The van der Waals surface area contributed by atoms with Crippen LogP contribution in [-0.2, 0) is 0 Å². The molecule has 3 heteroatoms. The van der Waals surface area contributed by atoms with Crippen molar-refractivity contribution in [3.63, 3.8) is 0 Å². The highest BCUT2D eigenvalue weighted by atomic mass is 79.9. The second-order valence-electron chi connectivity index (χ2n) is 5.55. The van der Waals surface area contributed by atoms with Gasteiger partial charge in [0.05, 0.1) is 6.10 Å². The van der Waals surface area contributed by atoms with Crippen molar-refractivity contribution in [3.05, 3.63) is 28.2 Å². The molecule has 0 aliphatic carbocycles. The van der Waals surface area contributed by atoms with E-state index in [1.807, 2.05) is 6.07 Å². The van der Waals surface area contributed by atoms with E-state index >= 15 is 0 Å². The smallest absolute Gasteiger partial charge is 0.0772 e. The molecular weight excluding hydrogens is 290 g/mol. The summed E-state index contributed by atoms with van der Waals surface area (Å²) in [6.07, 6.45) is 2.10. The lowest BCUT2D eigenvalue weighted by Crippen LogP contribution is -2.40. The van der Waals surface area contributed by atoms with Crippen molar-refractivity contribution in [1.29, 1.82) is 0 Å². The molecular formula is C15H22BrNO. The fourth-order valence-electron chi connectivity index (χ4n) is 2.82. The Labute approximate surface area is 118 Å².